The van der Waals surface area contributed by atoms with Crippen molar-refractivity contribution in [3.8, 4) is 0 Å². The van der Waals surface area contributed by atoms with E-state index in [2.05, 4.69) is 45.3 Å². The fourth-order valence-corrected chi connectivity index (χ4v) is 4.33. The molecule has 3 aromatic rings. The number of benzene rings is 2. The molecule has 0 spiro atoms. The van der Waals surface area contributed by atoms with E-state index in [-0.39, 0.29) is 5.82 Å². The van der Waals surface area contributed by atoms with Gasteiger partial charge in [0, 0.05) is 61.1 Å². The molecule has 1 aliphatic heterocycles. The van der Waals surface area contributed by atoms with Crippen LogP contribution in [0.1, 0.15) is 22.8 Å². The van der Waals surface area contributed by atoms with E-state index >= 15 is 0 Å². The van der Waals surface area contributed by atoms with Crippen LogP contribution in [0.3, 0.4) is 0 Å². The minimum Gasteiger partial charge on any atom is -0.384 e. The van der Waals surface area contributed by atoms with Gasteiger partial charge in [0.15, 0.2) is 0 Å². The molecule has 1 aromatic heterocycles. The van der Waals surface area contributed by atoms with Gasteiger partial charge in [0.25, 0.3) is 0 Å². The fraction of sp³-hybridized carbons (Fsp3) is 0.292. The van der Waals surface area contributed by atoms with E-state index in [0.717, 1.165) is 32.7 Å². The number of piperazine rings is 1. The number of thioether (sulfide) groups is 1. The Morgan fingerprint density at radius 3 is 2.47 bits per heavy atom. The number of aliphatic hydroxyl groups is 1. The first-order valence-corrected chi connectivity index (χ1v) is 11.3. The average Bonchev–Trinajstić information content (AvgIpc) is 2.80. The molecule has 1 unspecified atom stereocenters. The third-order valence-electron chi connectivity index (χ3n) is 5.57. The smallest absolute Gasteiger partial charge is 0.146 e. The number of nitrogens with zero attached hydrogens (tertiary/aromatic N) is 3. The Hall–Kier alpha value is -2.41. The zero-order valence-electron chi connectivity index (χ0n) is 17.0. The predicted molar refractivity (Wildman–Crippen MR) is 120 cm³/mol. The van der Waals surface area contributed by atoms with Gasteiger partial charge >= 0.3 is 0 Å². The SMILES string of the molecule is CSc1ccc(CN2CCN(c3c(F)cccc3C(O)c3cccnc3)CC2)cc1. The molecule has 4 rings (SSSR count). The molecule has 0 aliphatic carbocycles. The van der Waals surface area contributed by atoms with Crippen molar-refractivity contribution in [3.63, 3.8) is 0 Å². The van der Waals surface area contributed by atoms with Gasteiger partial charge in [0.2, 0.25) is 0 Å². The van der Waals surface area contributed by atoms with Crippen LogP contribution in [0.4, 0.5) is 10.1 Å². The number of halogens is 1. The predicted octanol–water partition coefficient (Wildman–Crippen LogP) is 4.35. The number of rotatable bonds is 6. The first kappa shape index (κ1) is 20.8. The molecule has 0 radical (unpaired) electrons. The van der Waals surface area contributed by atoms with E-state index in [4.69, 9.17) is 0 Å². The highest BCUT2D eigenvalue weighted by atomic mass is 32.2. The second kappa shape index (κ2) is 9.60. The lowest BCUT2D eigenvalue weighted by atomic mass is 9.99. The molecule has 2 heterocycles. The Kier molecular flexibility index (Phi) is 6.67. The maximum absolute atomic E-state index is 14.8. The molecule has 0 saturated carbocycles. The number of aliphatic hydroxyl groups excluding tert-OH is 1. The van der Waals surface area contributed by atoms with Crippen molar-refractivity contribution in [2.24, 2.45) is 0 Å². The molecule has 1 N–H and O–H groups in total. The molecule has 1 saturated heterocycles. The number of anilines is 1. The minimum atomic E-state index is -0.905. The van der Waals surface area contributed by atoms with Crippen molar-refractivity contribution in [1.82, 2.24) is 9.88 Å². The fourth-order valence-electron chi connectivity index (χ4n) is 3.92. The molecule has 0 bridgehead atoms. The Labute approximate surface area is 181 Å². The van der Waals surface area contributed by atoms with Gasteiger partial charge in [0.05, 0.1) is 5.69 Å². The number of aromatic nitrogens is 1. The van der Waals surface area contributed by atoms with Crippen molar-refractivity contribution in [1.29, 1.82) is 0 Å². The molecule has 6 heteroatoms. The molecule has 156 valence electrons. The van der Waals surface area contributed by atoms with Crippen molar-refractivity contribution < 1.29 is 9.50 Å². The van der Waals surface area contributed by atoms with Crippen molar-refractivity contribution >= 4 is 17.4 Å². The summed E-state index contributed by atoms with van der Waals surface area (Å²) in [5, 5.41) is 10.9. The van der Waals surface area contributed by atoms with Crippen LogP contribution in [0.25, 0.3) is 0 Å². The Morgan fingerprint density at radius 2 is 1.80 bits per heavy atom. The summed E-state index contributed by atoms with van der Waals surface area (Å²) in [4.78, 5) is 9.79. The van der Waals surface area contributed by atoms with Gasteiger partial charge in [-0.05, 0) is 36.1 Å². The number of hydrogen-bond donors (Lipinski definition) is 1. The van der Waals surface area contributed by atoms with Crippen molar-refractivity contribution in [3.05, 3.63) is 89.5 Å². The third kappa shape index (κ3) is 4.67. The molecule has 1 atom stereocenters. The van der Waals surface area contributed by atoms with Crippen molar-refractivity contribution in [2.75, 3.05) is 37.3 Å². The number of pyridine rings is 1. The van der Waals surface area contributed by atoms with Gasteiger partial charge in [-0.25, -0.2) is 4.39 Å². The maximum Gasteiger partial charge on any atom is 0.146 e. The second-order valence-corrected chi connectivity index (χ2v) is 8.36. The Morgan fingerprint density at radius 1 is 1.03 bits per heavy atom. The normalized spacial score (nSPS) is 15.9. The molecular formula is C24H26FN3OS. The maximum atomic E-state index is 14.8. The van der Waals surface area contributed by atoms with Crippen LogP contribution in [-0.2, 0) is 6.54 Å². The number of hydrogen-bond acceptors (Lipinski definition) is 5. The second-order valence-electron chi connectivity index (χ2n) is 7.48. The summed E-state index contributed by atoms with van der Waals surface area (Å²) in [6, 6.07) is 17.2. The van der Waals surface area contributed by atoms with Crippen LogP contribution in [0.2, 0.25) is 0 Å². The van der Waals surface area contributed by atoms with E-state index in [1.165, 1.54) is 16.5 Å². The topological polar surface area (TPSA) is 39.6 Å². The van der Waals surface area contributed by atoms with E-state index < -0.39 is 6.10 Å². The lowest BCUT2D eigenvalue weighted by Gasteiger charge is -2.37. The first-order chi connectivity index (χ1) is 14.7. The minimum absolute atomic E-state index is 0.295. The van der Waals surface area contributed by atoms with Gasteiger partial charge in [-0.3, -0.25) is 9.88 Å². The van der Waals surface area contributed by atoms with Crippen LogP contribution in [0.5, 0.6) is 0 Å². The quantitative estimate of drug-likeness (QED) is 0.597. The molecule has 2 aromatic carbocycles. The van der Waals surface area contributed by atoms with Crippen LogP contribution in [0.15, 0.2) is 71.9 Å². The van der Waals surface area contributed by atoms with E-state index in [1.54, 1.807) is 42.4 Å². The largest absolute Gasteiger partial charge is 0.384 e. The van der Waals surface area contributed by atoms with Crippen LogP contribution in [0, 0.1) is 5.82 Å². The first-order valence-electron chi connectivity index (χ1n) is 10.1. The van der Waals surface area contributed by atoms with Crippen LogP contribution < -0.4 is 4.90 Å². The van der Waals surface area contributed by atoms with Gasteiger partial charge < -0.3 is 10.0 Å². The summed E-state index contributed by atoms with van der Waals surface area (Å²) < 4.78 is 14.8. The van der Waals surface area contributed by atoms with E-state index in [1.807, 2.05) is 6.07 Å². The zero-order valence-corrected chi connectivity index (χ0v) is 17.9. The summed E-state index contributed by atoms with van der Waals surface area (Å²) in [5.41, 5.74) is 3.04. The highest BCUT2D eigenvalue weighted by Gasteiger charge is 2.25. The van der Waals surface area contributed by atoms with Gasteiger partial charge in [-0.1, -0.05) is 30.3 Å². The van der Waals surface area contributed by atoms with E-state index in [0.29, 0.717) is 16.8 Å². The molecule has 30 heavy (non-hydrogen) atoms. The molecule has 4 nitrogen and oxygen atoms in total. The van der Waals surface area contributed by atoms with Crippen molar-refractivity contribution in [2.45, 2.75) is 17.5 Å². The standard InChI is InChI=1S/C24H26FN3OS/c1-30-20-9-7-18(8-10-20)17-27-12-14-28(15-13-27)23-21(5-2-6-22(23)25)24(29)19-4-3-11-26-16-19/h2-11,16,24,29H,12-15,17H2,1H3. The summed E-state index contributed by atoms with van der Waals surface area (Å²) >= 11 is 1.74. The monoisotopic (exact) mass is 423 g/mol. The van der Waals surface area contributed by atoms with Gasteiger partial charge in [0.1, 0.15) is 11.9 Å². The van der Waals surface area contributed by atoms with Crippen LogP contribution >= 0.6 is 11.8 Å². The summed E-state index contributed by atoms with van der Waals surface area (Å²) in [5.74, 6) is -0.295. The van der Waals surface area contributed by atoms with Crippen LogP contribution in [-0.4, -0.2) is 47.4 Å². The molecule has 1 aliphatic rings. The Balaban J connectivity index is 1.46. The summed E-state index contributed by atoms with van der Waals surface area (Å²) in [7, 11) is 0. The summed E-state index contributed by atoms with van der Waals surface area (Å²) in [6.07, 6.45) is 4.46. The lowest BCUT2D eigenvalue weighted by molar-refractivity contribution is 0.218. The highest BCUT2D eigenvalue weighted by Crippen LogP contribution is 2.33. The van der Waals surface area contributed by atoms with Gasteiger partial charge in [-0.2, -0.15) is 0 Å². The average molecular weight is 424 g/mol. The lowest BCUT2D eigenvalue weighted by Crippen LogP contribution is -2.46. The zero-order chi connectivity index (χ0) is 20.9. The molecule has 0 amide bonds. The molecular weight excluding hydrogens is 397 g/mol. The highest BCUT2D eigenvalue weighted by molar-refractivity contribution is 7.98. The Bertz CT molecular complexity index is 960. The molecule has 1 fully saturated rings. The number of para-hydroxylation sites is 1. The van der Waals surface area contributed by atoms with Gasteiger partial charge in [-0.15, -0.1) is 11.8 Å². The van der Waals surface area contributed by atoms with E-state index in [9.17, 15) is 9.50 Å². The summed E-state index contributed by atoms with van der Waals surface area (Å²) in [6.45, 7) is 4.03. The third-order valence-corrected chi connectivity index (χ3v) is 6.31.